The number of halogens is 4. The van der Waals surface area contributed by atoms with E-state index in [0.29, 0.717) is 12.1 Å². The summed E-state index contributed by atoms with van der Waals surface area (Å²) >= 11 is 0. The first-order valence-corrected chi connectivity index (χ1v) is 9.89. The molecule has 3 atom stereocenters. The lowest BCUT2D eigenvalue weighted by molar-refractivity contribution is -0.200. The molecule has 1 saturated heterocycles. The zero-order valence-electron chi connectivity index (χ0n) is 17.4. The Morgan fingerprint density at radius 1 is 1.28 bits per heavy atom. The molecule has 0 radical (unpaired) electrons. The van der Waals surface area contributed by atoms with E-state index in [9.17, 15) is 27.2 Å². The normalized spacial score (nSPS) is 20.0. The molecule has 32 heavy (non-hydrogen) atoms. The van der Waals surface area contributed by atoms with E-state index >= 15 is 0 Å². The van der Waals surface area contributed by atoms with Crippen molar-refractivity contribution < 1.29 is 31.9 Å². The molecule has 12 heteroatoms. The van der Waals surface area contributed by atoms with Crippen molar-refractivity contribution in [3.8, 4) is 0 Å². The molecule has 2 amide bonds. The van der Waals surface area contributed by atoms with Crippen LogP contribution in [0.3, 0.4) is 0 Å². The Hall–Kier alpha value is -3.31. The van der Waals surface area contributed by atoms with Crippen LogP contribution in [0.15, 0.2) is 30.5 Å². The van der Waals surface area contributed by atoms with Crippen LogP contribution >= 0.6 is 0 Å². The van der Waals surface area contributed by atoms with Gasteiger partial charge in [-0.05, 0) is 43.5 Å². The number of nitrogens with two attached hydrogens (primary N) is 1. The van der Waals surface area contributed by atoms with Crippen LogP contribution in [0.5, 0.6) is 0 Å². The quantitative estimate of drug-likeness (QED) is 0.665. The first-order valence-electron chi connectivity index (χ1n) is 9.89. The van der Waals surface area contributed by atoms with Crippen LogP contribution in [0.25, 0.3) is 0 Å². The van der Waals surface area contributed by atoms with E-state index in [1.165, 1.54) is 35.4 Å². The molecular formula is C20H23F4N5O3. The number of piperidine rings is 1. The summed E-state index contributed by atoms with van der Waals surface area (Å²) in [5.74, 6) is -1.13. The number of nitrogens with one attached hydrogen (secondary N) is 1. The van der Waals surface area contributed by atoms with Crippen molar-refractivity contribution in [3.05, 3.63) is 41.8 Å². The van der Waals surface area contributed by atoms with Crippen molar-refractivity contribution in [2.75, 3.05) is 18.4 Å². The van der Waals surface area contributed by atoms with E-state index in [-0.39, 0.29) is 36.4 Å². The standard InChI is InChI=1S/C20H23F4N5O3/c1-11-9-28(19(31)32-12(2)20(22,23)24)8-7-16(11)29-10-15(17(25)30)18(27-29)26-14-5-3-13(21)4-6-14/h3-6,10-12,16H,7-9H2,1-2H3,(H2,25,30)(H,26,27)/t11-,12?,16-/m1/s1. The first kappa shape index (κ1) is 23.4. The van der Waals surface area contributed by atoms with Crippen molar-refractivity contribution in [3.63, 3.8) is 0 Å². The van der Waals surface area contributed by atoms with Gasteiger partial charge >= 0.3 is 12.3 Å². The number of carbonyl (C=O) groups excluding carboxylic acids is 2. The summed E-state index contributed by atoms with van der Waals surface area (Å²) in [5, 5.41) is 7.33. The minimum absolute atomic E-state index is 0.127. The van der Waals surface area contributed by atoms with Gasteiger partial charge in [-0.1, -0.05) is 6.92 Å². The Balaban J connectivity index is 1.71. The summed E-state index contributed by atoms with van der Waals surface area (Å²) in [7, 11) is 0. The SMILES string of the molecule is CC(OC(=O)N1CC[C@@H](n2cc(C(N)=O)c(Nc3ccc(F)cc3)n2)[C@H](C)C1)C(F)(F)F. The molecule has 0 spiro atoms. The van der Waals surface area contributed by atoms with Gasteiger partial charge in [0, 0.05) is 25.0 Å². The fourth-order valence-electron chi connectivity index (χ4n) is 3.49. The second-order valence-corrected chi connectivity index (χ2v) is 7.71. The number of amides is 2. The lowest BCUT2D eigenvalue weighted by atomic mass is 9.94. The number of ether oxygens (including phenoxy) is 1. The van der Waals surface area contributed by atoms with E-state index in [4.69, 9.17) is 5.73 Å². The van der Waals surface area contributed by atoms with E-state index in [1.807, 2.05) is 6.92 Å². The van der Waals surface area contributed by atoms with Crippen LogP contribution in [-0.2, 0) is 4.74 Å². The van der Waals surface area contributed by atoms with Gasteiger partial charge in [0.15, 0.2) is 11.9 Å². The van der Waals surface area contributed by atoms with Gasteiger partial charge in [-0.2, -0.15) is 18.3 Å². The predicted octanol–water partition coefficient (Wildman–Crippen LogP) is 3.84. The molecule has 1 aromatic carbocycles. The van der Waals surface area contributed by atoms with Gasteiger partial charge in [0.2, 0.25) is 0 Å². The van der Waals surface area contributed by atoms with E-state index in [0.717, 1.165) is 6.92 Å². The topological polar surface area (TPSA) is 102 Å². The minimum atomic E-state index is -4.63. The molecular weight excluding hydrogens is 434 g/mol. The zero-order valence-corrected chi connectivity index (χ0v) is 17.4. The van der Waals surface area contributed by atoms with Crippen molar-refractivity contribution in [1.82, 2.24) is 14.7 Å². The van der Waals surface area contributed by atoms with Gasteiger partial charge in [-0.15, -0.1) is 0 Å². The maximum atomic E-state index is 13.1. The summed E-state index contributed by atoms with van der Waals surface area (Å²) in [6.45, 7) is 2.90. The number of carbonyl (C=O) groups is 2. The Bertz CT molecular complexity index is 977. The molecule has 3 N–H and O–H groups in total. The van der Waals surface area contributed by atoms with Crippen LogP contribution in [0.2, 0.25) is 0 Å². The second kappa shape index (κ2) is 9.05. The van der Waals surface area contributed by atoms with Gasteiger partial charge in [0.05, 0.1) is 6.04 Å². The van der Waals surface area contributed by atoms with Crippen LogP contribution in [-0.4, -0.2) is 52.1 Å². The first-order chi connectivity index (χ1) is 15.0. The smallest absolute Gasteiger partial charge is 0.425 e. The van der Waals surface area contributed by atoms with Crippen molar-refractivity contribution in [2.45, 2.75) is 38.6 Å². The third-order valence-electron chi connectivity index (χ3n) is 5.30. The maximum absolute atomic E-state index is 13.1. The number of anilines is 2. The van der Waals surface area contributed by atoms with Gasteiger partial charge in [0.1, 0.15) is 11.4 Å². The summed E-state index contributed by atoms with van der Waals surface area (Å²) in [6, 6.07) is 5.22. The third kappa shape index (κ3) is 5.29. The zero-order chi connectivity index (χ0) is 23.6. The summed E-state index contributed by atoms with van der Waals surface area (Å²) in [5.41, 5.74) is 6.09. The fraction of sp³-hybridized carbons (Fsp3) is 0.450. The highest BCUT2D eigenvalue weighted by molar-refractivity contribution is 5.98. The molecule has 1 fully saturated rings. The van der Waals surface area contributed by atoms with Gasteiger partial charge < -0.3 is 20.7 Å². The van der Waals surface area contributed by atoms with E-state index in [1.54, 1.807) is 4.68 Å². The average Bonchev–Trinajstić information content (AvgIpc) is 3.12. The molecule has 2 heterocycles. The molecule has 2 aromatic rings. The number of alkyl halides is 3. The molecule has 174 valence electrons. The molecule has 0 aliphatic carbocycles. The molecule has 1 aliphatic heterocycles. The molecule has 3 rings (SSSR count). The Labute approximate surface area is 181 Å². The van der Waals surface area contributed by atoms with Crippen molar-refractivity contribution in [1.29, 1.82) is 0 Å². The predicted molar refractivity (Wildman–Crippen MR) is 107 cm³/mol. The van der Waals surface area contributed by atoms with Crippen LogP contribution in [0, 0.1) is 11.7 Å². The lowest BCUT2D eigenvalue weighted by Gasteiger charge is -2.36. The molecule has 1 aromatic heterocycles. The van der Waals surface area contributed by atoms with E-state index < -0.39 is 30.1 Å². The highest BCUT2D eigenvalue weighted by Gasteiger charge is 2.41. The monoisotopic (exact) mass is 457 g/mol. The molecule has 0 bridgehead atoms. The van der Waals surface area contributed by atoms with Gasteiger partial charge in [-0.25, -0.2) is 9.18 Å². The maximum Gasteiger partial charge on any atom is 0.425 e. The van der Waals surface area contributed by atoms with Crippen LogP contribution in [0.4, 0.5) is 33.9 Å². The number of benzene rings is 1. The van der Waals surface area contributed by atoms with E-state index in [2.05, 4.69) is 15.2 Å². The molecule has 1 unspecified atom stereocenters. The Morgan fingerprint density at radius 3 is 2.50 bits per heavy atom. The molecule has 8 nitrogen and oxygen atoms in total. The van der Waals surface area contributed by atoms with Crippen molar-refractivity contribution in [2.24, 2.45) is 11.7 Å². The average molecular weight is 457 g/mol. The number of aromatic nitrogens is 2. The number of hydrogen-bond donors (Lipinski definition) is 2. The van der Waals surface area contributed by atoms with Crippen molar-refractivity contribution >= 4 is 23.5 Å². The number of rotatable bonds is 5. The number of primary amides is 1. The summed E-state index contributed by atoms with van der Waals surface area (Å²) in [6.07, 6.45) is -6.00. The lowest BCUT2D eigenvalue weighted by Crippen LogP contribution is -2.46. The molecule has 0 saturated carbocycles. The fourth-order valence-corrected chi connectivity index (χ4v) is 3.49. The van der Waals surface area contributed by atoms with Crippen LogP contribution in [0.1, 0.15) is 36.7 Å². The Morgan fingerprint density at radius 2 is 1.94 bits per heavy atom. The largest absolute Gasteiger partial charge is 0.437 e. The second-order valence-electron chi connectivity index (χ2n) is 7.71. The van der Waals surface area contributed by atoms with Gasteiger partial charge in [-0.3, -0.25) is 9.48 Å². The number of likely N-dealkylation sites (tertiary alicyclic amines) is 1. The highest BCUT2D eigenvalue weighted by Crippen LogP contribution is 2.31. The number of nitrogens with zero attached hydrogens (tertiary/aromatic N) is 3. The third-order valence-corrected chi connectivity index (χ3v) is 5.30. The van der Waals surface area contributed by atoms with Crippen LogP contribution < -0.4 is 11.1 Å². The number of hydrogen-bond acceptors (Lipinski definition) is 5. The summed E-state index contributed by atoms with van der Waals surface area (Å²) in [4.78, 5) is 25.2. The van der Waals surface area contributed by atoms with Gasteiger partial charge in [0.25, 0.3) is 5.91 Å². The summed E-state index contributed by atoms with van der Waals surface area (Å²) < 4.78 is 57.1. The Kier molecular flexibility index (Phi) is 6.60. The molecule has 1 aliphatic rings. The highest BCUT2D eigenvalue weighted by atomic mass is 19.4. The minimum Gasteiger partial charge on any atom is -0.437 e.